The van der Waals surface area contributed by atoms with Crippen molar-refractivity contribution in [3.63, 3.8) is 0 Å². The normalized spacial score (nSPS) is 10.8. The van der Waals surface area contributed by atoms with E-state index in [2.05, 4.69) is 44.2 Å². The van der Waals surface area contributed by atoms with Gasteiger partial charge < -0.3 is 0 Å². The zero-order valence-electron chi connectivity index (χ0n) is 10.9. The fourth-order valence-corrected chi connectivity index (χ4v) is 6.00. The molecule has 0 aliphatic rings. The van der Waals surface area contributed by atoms with Crippen molar-refractivity contribution in [2.75, 3.05) is 5.75 Å². The van der Waals surface area contributed by atoms with Gasteiger partial charge in [-0.05, 0) is 24.3 Å². The number of hydrogen-bond acceptors (Lipinski definition) is 5. The Morgan fingerprint density at radius 3 is 2.37 bits per heavy atom. The van der Waals surface area contributed by atoms with Crippen LogP contribution in [-0.2, 0) is 0 Å². The van der Waals surface area contributed by atoms with Gasteiger partial charge in [0.05, 0.1) is 14.5 Å². The number of nitrogens with zero attached hydrogens (tertiary/aromatic N) is 1. The summed E-state index contributed by atoms with van der Waals surface area (Å²) in [7, 11) is 0. The minimum absolute atomic E-state index is 0.617. The van der Waals surface area contributed by atoms with E-state index in [1.807, 2.05) is 34.4 Å². The summed E-state index contributed by atoms with van der Waals surface area (Å²) in [5.41, 5.74) is 0. The summed E-state index contributed by atoms with van der Waals surface area (Å²) in [5.74, 6) is 0.884. The van der Waals surface area contributed by atoms with Crippen LogP contribution in [0.15, 0.2) is 32.7 Å². The summed E-state index contributed by atoms with van der Waals surface area (Å²) < 4.78 is 2.69. The average Bonchev–Trinajstić information content (AvgIpc) is 2.97. The third-order valence-electron chi connectivity index (χ3n) is 2.22. The van der Waals surface area contributed by atoms with Gasteiger partial charge in [-0.3, -0.25) is 0 Å². The average molecular weight is 326 g/mol. The van der Waals surface area contributed by atoms with E-state index < -0.39 is 0 Å². The Labute approximate surface area is 131 Å². The lowest BCUT2D eigenvalue weighted by Gasteiger charge is -1.99. The largest absolute Gasteiger partial charge is 0.198 e. The summed E-state index contributed by atoms with van der Waals surface area (Å²) in [6.45, 7) is 4.44. The van der Waals surface area contributed by atoms with Crippen LogP contribution in [0.2, 0.25) is 0 Å². The van der Waals surface area contributed by atoms with E-state index in [-0.39, 0.29) is 0 Å². The molecule has 0 unspecified atom stereocenters. The van der Waals surface area contributed by atoms with E-state index >= 15 is 0 Å². The molecule has 0 aliphatic heterocycles. The molecule has 5 heteroatoms. The third-order valence-corrected chi connectivity index (χ3v) is 6.98. The Hall–Kier alpha value is -0.410. The van der Waals surface area contributed by atoms with Crippen LogP contribution in [0, 0.1) is 11.3 Å². The number of thiophene rings is 2. The minimum atomic E-state index is 0.617. The topological polar surface area (TPSA) is 23.8 Å². The molecule has 2 aromatic rings. The zero-order valence-corrected chi connectivity index (χ0v) is 14.1. The number of nitriles is 1. The van der Waals surface area contributed by atoms with E-state index in [0.29, 0.717) is 11.7 Å². The van der Waals surface area contributed by atoms with Crippen molar-refractivity contribution in [3.8, 4) is 15.8 Å². The van der Waals surface area contributed by atoms with Gasteiger partial charge in [0.15, 0.2) is 0 Å². The van der Waals surface area contributed by atoms with Crippen molar-refractivity contribution >= 4 is 46.2 Å². The summed E-state index contributed by atoms with van der Waals surface area (Å²) in [6.07, 6.45) is 0.617. The molecule has 0 spiro atoms. The first kappa shape index (κ1) is 15.0. The molecule has 2 aromatic heterocycles. The molecule has 0 fully saturated rings. The highest BCUT2D eigenvalue weighted by Gasteiger charge is 2.08. The predicted octanol–water partition coefficient (Wildman–Crippen LogP) is 5.98. The smallest absolute Gasteiger partial charge is 0.0630 e. The van der Waals surface area contributed by atoms with Crippen LogP contribution in [0.5, 0.6) is 0 Å². The van der Waals surface area contributed by atoms with Gasteiger partial charge in [-0.15, -0.1) is 46.2 Å². The maximum Gasteiger partial charge on any atom is 0.0630 e. The first-order valence-electron chi connectivity index (χ1n) is 6.05. The van der Waals surface area contributed by atoms with Gasteiger partial charge in [-0.2, -0.15) is 5.26 Å². The van der Waals surface area contributed by atoms with Crippen molar-refractivity contribution in [2.24, 2.45) is 0 Å². The first-order chi connectivity index (χ1) is 9.19. The summed E-state index contributed by atoms with van der Waals surface area (Å²) in [5, 5.41) is 9.17. The molecule has 0 N–H and O–H groups in total. The molecule has 0 saturated carbocycles. The van der Waals surface area contributed by atoms with Crippen LogP contribution < -0.4 is 0 Å². The van der Waals surface area contributed by atoms with Crippen LogP contribution in [0.3, 0.4) is 0 Å². The highest BCUT2D eigenvalue weighted by atomic mass is 32.2. The van der Waals surface area contributed by atoms with E-state index in [4.69, 9.17) is 5.26 Å². The second-order valence-corrected chi connectivity index (χ2v) is 9.60. The summed E-state index contributed by atoms with van der Waals surface area (Å²) in [4.78, 5) is 2.68. The van der Waals surface area contributed by atoms with Crippen molar-refractivity contribution in [1.82, 2.24) is 0 Å². The molecule has 0 bridgehead atoms. The Balaban J connectivity index is 2.02. The number of thioether (sulfide) groups is 2. The molecule has 0 atom stereocenters. The molecule has 0 aromatic carbocycles. The van der Waals surface area contributed by atoms with Gasteiger partial charge in [0, 0.05) is 27.2 Å². The third kappa shape index (κ3) is 4.57. The molecule has 2 heterocycles. The second kappa shape index (κ2) is 7.39. The van der Waals surface area contributed by atoms with E-state index in [1.165, 1.54) is 18.2 Å². The van der Waals surface area contributed by atoms with Crippen LogP contribution in [0.1, 0.15) is 20.3 Å². The Bertz CT molecular complexity index is 562. The van der Waals surface area contributed by atoms with Gasteiger partial charge >= 0.3 is 0 Å². The monoisotopic (exact) mass is 325 g/mol. The maximum absolute atomic E-state index is 8.54. The Morgan fingerprint density at radius 1 is 1.11 bits per heavy atom. The quantitative estimate of drug-likeness (QED) is 0.482. The van der Waals surface area contributed by atoms with E-state index in [1.54, 1.807) is 11.8 Å². The lowest BCUT2D eigenvalue weighted by Crippen LogP contribution is -1.81. The van der Waals surface area contributed by atoms with Crippen LogP contribution in [0.25, 0.3) is 9.75 Å². The predicted molar refractivity (Wildman–Crippen MR) is 89.6 cm³/mol. The summed E-state index contributed by atoms with van der Waals surface area (Å²) >= 11 is 7.38. The number of hydrogen-bond donors (Lipinski definition) is 0. The highest BCUT2D eigenvalue weighted by molar-refractivity contribution is 8.01. The number of rotatable bonds is 6. The molecular formula is C14H15NS4. The fraction of sp³-hybridized carbons (Fsp3) is 0.357. The van der Waals surface area contributed by atoms with Crippen molar-refractivity contribution < 1.29 is 0 Å². The molecule has 0 saturated heterocycles. The van der Waals surface area contributed by atoms with Gasteiger partial charge in [0.1, 0.15) is 0 Å². The summed E-state index contributed by atoms with van der Waals surface area (Å²) in [6, 6.07) is 11.0. The SMILES string of the molecule is CC(C)Sc1ccc(-c2ccc(SCCC#N)s2)s1. The zero-order chi connectivity index (χ0) is 13.7. The van der Waals surface area contributed by atoms with Crippen molar-refractivity contribution in [1.29, 1.82) is 5.26 Å². The maximum atomic E-state index is 8.54. The highest BCUT2D eigenvalue weighted by Crippen LogP contribution is 2.40. The molecule has 0 aliphatic carbocycles. The van der Waals surface area contributed by atoms with Crippen LogP contribution in [0.4, 0.5) is 0 Å². The molecule has 2 rings (SSSR count). The van der Waals surface area contributed by atoms with Crippen LogP contribution in [-0.4, -0.2) is 11.0 Å². The molecule has 1 nitrogen and oxygen atoms in total. The van der Waals surface area contributed by atoms with Crippen molar-refractivity contribution in [2.45, 2.75) is 33.9 Å². The molecule has 19 heavy (non-hydrogen) atoms. The Morgan fingerprint density at radius 2 is 1.74 bits per heavy atom. The molecule has 100 valence electrons. The second-order valence-electron chi connectivity index (χ2n) is 4.16. The van der Waals surface area contributed by atoms with Gasteiger partial charge in [0.25, 0.3) is 0 Å². The first-order valence-corrected chi connectivity index (χ1v) is 9.55. The fourth-order valence-electron chi connectivity index (χ4n) is 1.48. The minimum Gasteiger partial charge on any atom is -0.198 e. The van der Waals surface area contributed by atoms with Crippen LogP contribution >= 0.6 is 46.2 Å². The molecule has 0 radical (unpaired) electrons. The van der Waals surface area contributed by atoms with Crippen molar-refractivity contribution in [3.05, 3.63) is 24.3 Å². The van der Waals surface area contributed by atoms with Gasteiger partial charge in [-0.1, -0.05) is 13.8 Å². The standard InChI is InChI=1S/C14H15NS4/c1-10(2)17-14-7-5-12(19-14)11-4-6-13(18-11)16-9-3-8-15/h4-7,10H,3,9H2,1-2H3. The van der Waals surface area contributed by atoms with Gasteiger partial charge in [-0.25, -0.2) is 0 Å². The lowest BCUT2D eigenvalue weighted by atomic mass is 10.4. The molecule has 0 amide bonds. The molecular weight excluding hydrogens is 310 g/mol. The van der Waals surface area contributed by atoms with E-state index in [9.17, 15) is 0 Å². The lowest BCUT2D eigenvalue weighted by molar-refractivity contribution is 1.11. The van der Waals surface area contributed by atoms with E-state index in [0.717, 1.165) is 5.75 Å². The van der Waals surface area contributed by atoms with Gasteiger partial charge in [0.2, 0.25) is 0 Å². The Kier molecular flexibility index (Phi) is 5.83.